The Morgan fingerprint density at radius 3 is 2.67 bits per heavy atom. The Kier molecular flexibility index (Phi) is 2.78. The lowest BCUT2D eigenvalue weighted by atomic mass is 10.1. The first-order chi connectivity index (χ1) is 7.15. The minimum atomic E-state index is 0.496. The maximum absolute atomic E-state index is 4.30. The van der Waals surface area contributed by atoms with Gasteiger partial charge in [0.2, 0.25) is 0 Å². The van der Waals surface area contributed by atoms with Gasteiger partial charge in [0.15, 0.2) is 0 Å². The molecule has 4 heteroatoms. The Morgan fingerprint density at radius 1 is 1.53 bits per heavy atom. The molecular weight excluding hydrogens is 188 g/mol. The molecule has 0 spiro atoms. The topological polar surface area (TPSA) is 42.7 Å². The summed E-state index contributed by atoms with van der Waals surface area (Å²) in [6.07, 6.45) is 1.25. The number of nitrogens with zero attached hydrogens (tertiary/aromatic N) is 3. The van der Waals surface area contributed by atoms with E-state index < -0.39 is 0 Å². The van der Waals surface area contributed by atoms with Crippen molar-refractivity contribution < 1.29 is 0 Å². The maximum Gasteiger partial charge on any atom is 0.0999 e. The Bertz CT molecular complexity index is 342. The summed E-state index contributed by atoms with van der Waals surface area (Å²) in [5, 5.41) is 11.7. The maximum atomic E-state index is 4.30. The van der Waals surface area contributed by atoms with E-state index in [4.69, 9.17) is 0 Å². The third kappa shape index (κ3) is 1.91. The van der Waals surface area contributed by atoms with Gasteiger partial charge in [-0.3, -0.25) is 0 Å². The van der Waals surface area contributed by atoms with Crippen molar-refractivity contribution in [3.05, 3.63) is 11.4 Å². The Hall–Kier alpha value is -0.900. The SMILES string of the molecule is CNCc1nnn(C2CC2C)c1C(C)C. The molecule has 1 saturated carbocycles. The highest BCUT2D eigenvalue weighted by Crippen LogP contribution is 2.43. The largest absolute Gasteiger partial charge is 0.314 e. The summed E-state index contributed by atoms with van der Waals surface area (Å²) >= 11 is 0. The summed E-state index contributed by atoms with van der Waals surface area (Å²) in [5.74, 6) is 1.27. The zero-order valence-electron chi connectivity index (χ0n) is 9.99. The highest BCUT2D eigenvalue weighted by molar-refractivity contribution is 5.16. The lowest BCUT2D eigenvalue weighted by molar-refractivity contribution is 0.541. The van der Waals surface area contributed by atoms with Crippen LogP contribution in [0.5, 0.6) is 0 Å². The summed E-state index contributed by atoms with van der Waals surface area (Å²) in [6.45, 7) is 7.51. The van der Waals surface area contributed by atoms with Crippen LogP contribution in [0.4, 0.5) is 0 Å². The first kappa shape index (κ1) is 10.6. The van der Waals surface area contributed by atoms with Gasteiger partial charge in [0, 0.05) is 6.54 Å². The minimum absolute atomic E-state index is 0.496. The smallest absolute Gasteiger partial charge is 0.0999 e. The van der Waals surface area contributed by atoms with Crippen molar-refractivity contribution in [2.24, 2.45) is 5.92 Å². The summed E-state index contributed by atoms with van der Waals surface area (Å²) in [6, 6.07) is 0.598. The summed E-state index contributed by atoms with van der Waals surface area (Å²) in [4.78, 5) is 0. The molecular formula is C11H20N4. The molecule has 4 nitrogen and oxygen atoms in total. The molecule has 1 aliphatic carbocycles. The second-order valence-electron chi connectivity index (χ2n) is 4.83. The number of aromatic nitrogens is 3. The van der Waals surface area contributed by atoms with Crippen molar-refractivity contribution in [1.82, 2.24) is 20.3 Å². The van der Waals surface area contributed by atoms with Gasteiger partial charge < -0.3 is 5.32 Å². The first-order valence-corrected chi connectivity index (χ1v) is 5.73. The number of hydrogen-bond acceptors (Lipinski definition) is 3. The van der Waals surface area contributed by atoms with Gasteiger partial charge in [-0.25, -0.2) is 4.68 Å². The molecule has 84 valence electrons. The Morgan fingerprint density at radius 2 is 2.20 bits per heavy atom. The van der Waals surface area contributed by atoms with Crippen molar-refractivity contribution in [3.63, 3.8) is 0 Å². The molecule has 0 saturated heterocycles. The van der Waals surface area contributed by atoms with Gasteiger partial charge in [-0.05, 0) is 25.3 Å². The van der Waals surface area contributed by atoms with Crippen LogP contribution in [0.3, 0.4) is 0 Å². The Labute approximate surface area is 91.1 Å². The fourth-order valence-corrected chi connectivity index (χ4v) is 2.11. The average molecular weight is 208 g/mol. The molecule has 2 unspecified atom stereocenters. The summed E-state index contributed by atoms with van der Waals surface area (Å²) in [5.41, 5.74) is 2.41. The van der Waals surface area contributed by atoms with Crippen LogP contribution in [0.2, 0.25) is 0 Å². The van der Waals surface area contributed by atoms with E-state index in [1.165, 1.54) is 12.1 Å². The van der Waals surface area contributed by atoms with Gasteiger partial charge in [0.05, 0.1) is 17.4 Å². The Balaban J connectivity index is 2.29. The first-order valence-electron chi connectivity index (χ1n) is 5.73. The van der Waals surface area contributed by atoms with Crippen LogP contribution < -0.4 is 5.32 Å². The summed E-state index contributed by atoms with van der Waals surface area (Å²) in [7, 11) is 1.95. The van der Waals surface area contributed by atoms with Crippen LogP contribution in [0.25, 0.3) is 0 Å². The van der Waals surface area contributed by atoms with Crippen LogP contribution in [0.1, 0.15) is 50.5 Å². The normalized spacial score (nSPS) is 24.9. The predicted molar refractivity (Wildman–Crippen MR) is 59.7 cm³/mol. The van der Waals surface area contributed by atoms with Gasteiger partial charge >= 0.3 is 0 Å². The minimum Gasteiger partial charge on any atom is -0.314 e. The molecule has 1 fully saturated rings. The highest BCUT2D eigenvalue weighted by atomic mass is 15.5. The lowest BCUT2D eigenvalue weighted by Gasteiger charge is -2.10. The van der Waals surface area contributed by atoms with Gasteiger partial charge in [0.25, 0.3) is 0 Å². The zero-order valence-corrected chi connectivity index (χ0v) is 9.99. The average Bonchev–Trinajstić information content (AvgIpc) is 2.75. The standard InChI is InChI=1S/C11H20N4/c1-7(2)11-9(6-12-4)13-14-15(11)10-5-8(10)3/h7-8,10,12H,5-6H2,1-4H3. The van der Waals surface area contributed by atoms with Gasteiger partial charge in [-0.15, -0.1) is 5.10 Å². The van der Waals surface area contributed by atoms with Crippen molar-refractivity contribution >= 4 is 0 Å². The van der Waals surface area contributed by atoms with E-state index in [1.807, 2.05) is 7.05 Å². The third-order valence-corrected chi connectivity index (χ3v) is 3.08. The van der Waals surface area contributed by atoms with Crippen LogP contribution >= 0.6 is 0 Å². The fourth-order valence-electron chi connectivity index (χ4n) is 2.11. The molecule has 1 aromatic heterocycles. The van der Waals surface area contributed by atoms with Crippen LogP contribution in [-0.2, 0) is 6.54 Å². The van der Waals surface area contributed by atoms with Crippen molar-refractivity contribution in [1.29, 1.82) is 0 Å². The number of nitrogens with one attached hydrogen (secondary N) is 1. The summed E-state index contributed by atoms with van der Waals surface area (Å²) < 4.78 is 2.14. The van der Waals surface area contributed by atoms with Crippen LogP contribution in [0.15, 0.2) is 0 Å². The molecule has 0 aliphatic heterocycles. The van der Waals surface area contributed by atoms with Crippen molar-refractivity contribution in [2.75, 3.05) is 7.05 Å². The molecule has 1 heterocycles. The zero-order chi connectivity index (χ0) is 11.0. The van der Waals surface area contributed by atoms with E-state index in [-0.39, 0.29) is 0 Å². The van der Waals surface area contributed by atoms with E-state index in [2.05, 4.69) is 41.1 Å². The van der Waals surface area contributed by atoms with Gasteiger partial charge in [-0.1, -0.05) is 26.0 Å². The second kappa shape index (κ2) is 3.93. The van der Waals surface area contributed by atoms with Crippen LogP contribution in [-0.4, -0.2) is 22.0 Å². The molecule has 0 radical (unpaired) electrons. The quantitative estimate of drug-likeness (QED) is 0.819. The molecule has 1 aliphatic rings. The predicted octanol–water partition coefficient (Wildman–Crippen LogP) is 1.70. The van der Waals surface area contributed by atoms with E-state index in [1.54, 1.807) is 0 Å². The fraction of sp³-hybridized carbons (Fsp3) is 0.818. The second-order valence-corrected chi connectivity index (χ2v) is 4.83. The molecule has 2 rings (SSSR count). The van der Waals surface area contributed by atoms with E-state index in [0.29, 0.717) is 12.0 Å². The lowest BCUT2D eigenvalue weighted by Crippen LogP contribution is -2.11. The molecule has 0 amide bonds. The molecule has 15 heavy (non-hydrogen) atoms. The van der Waals surface area contributed by atoms with Crippen molar-refractivity contribution in [3.8, 4) is 0 Å². The number of hydrogen-bond donors (Lipinski definition) is 1. The van der Waals surface area contributed by atoms with Crippen molar-refractivity contribution in [2.45, 2.75) is 45.7 Å². The molecule has 2 atom stereocenters. The monoisotopic (exact) mass is 208 g/mol. The van der Waals surface area contributed by atoms with E-state index in [9.17, 15) is 0 Å². The highest BCUT2D eigenvalue weighted by Gasteiger charge is 2.37. The van der Waals surface area contributed by atoms with Crippen LogP contribution in [0, 0.1) is 5.92 Å². The third-order valence-electron chi connectivity index (χ3n) is 3.08. The molecule has 1 aromatic rings. The molecule has 0 bridgehead atoms. The van der Waals surface area contributed by atoms with E-state index in [0.717, 1.165) is 18.2 Å². The van der Waals surface area contributed by atoms with E-state index >= 15 is 0 Å². The molecule has 0 aromatic carbocycles. The molecule has 1 N–H and O–H groups in total. The van der Waals surface area contributed by atoms with Gasteiger partial charge in [-0.2, -0.15) is 0 Å². The number of rotatable bonds is 4. The van der Waals surface area contributed by atoms with Gasteiger partial charge in [0.1, 0.15) is 0 Å².